The lowest BCUT2D eigenvalue weighted by Gasteiger charge is -2.16. The highest BCUT2D eigenvalue weighted by Crippen LogP contribution is 2.37. The molecule has 214 valence electrons. The van der Waals surface area contributed by atoms with Gasteiger partial charge in [-0.1, -0.05) is 35.9 Å². The number of methoxy groups -OCH3 is 1. The van der Waals surface area contributed by atoms with Crippen molar-refractivity contribution >= 4 is 68.8 Å². The molecule has 0 spiro atoms. The van der Waals surface area contributed by atoms with Crippen LogP contribution < -0.4 is 20.7 Å². The lowest BCUT2D eigenvalue weighted by Crippen LogP contribution is -2.14. The molecule has 0 atom stereocenters. The summed E-state index contributed by atoms with van der Waals surface area (Å²) in [5.74, 6) is 0.162. The molecule has 3 N–H and O–H groups in total. The third kappa shape index (κ3) is 8.01. The van der Waals surface area contributed by atoms with Crippen molar-refractivity contribution in [2.24, 2.45) is 0 Å². The Bertz CT molecular complexity index is 1670. The van der Waals surface area contributed by atoms with Crippen LogP contribution in [0.4, 0.5) is 22.7 Å². The van der Waals surface area contributed by atoms with Crippen molar-refractivity contribution in [2.75, 3.05) is 49.5 Å². The van der Waals surface area contributed by atoms with Crippen LogP contribution in [0, 0.1) is 11.3 Å². The lowest BCUT2D eigenvalue weighted by molar-refractivity contribution is -0.114. The van der Waals surface area contributed by atoms with E-state index in [-0.39, 0.29) is 17.6 Å². The van der Waals surface area contributed by atoms with Crippen molar-refractivity contribution in [1.82, 2.24) is 9.88 Å². The molecule has 1 heterocycles. The van der Waals surface area contributed by atoms with E-state index in [1.807, 2.05) is 49.3 Å². The number of aromatic nitrogens is 1. The number of fused-ring (bicyclic) bond motifs is 1. The van der Waals surface area contributed by atoms with Gasteiger partial charge in [-0.15, -0.1) is 11.8 Å². The topological polar surface area (TPSA) is 119 Å². The molecule has 0 aliphatic heterocycles. The highest BCUT2D eigenvalue weighted by atomic mass is 35.5. The number of carbonyl (C=O) groups excluding carboxylic acids is 2. The van der Waals surface area contributed by atoms with Gasteiger partial charge in [0.15, 0.2) is 0 Å². The average molecular weight is 601 g/mol. The minimum Gasteiger partial charge on any atom is -0.494 e. The SMILES string of the molecule is COc1cc2ncc(C#N)c(Nc3ccc(NC(=O)CSc4ccccc4)c(Cl)c3)c2cc1NC(=O)/C=C/CN(C)C. The van der Waals surface area contributed by atoms with Crippen LogP contribution >= 0.6 is 23.4 Å². The molecule has 0 saturated carbocycles. The highest BCUT2D eigenvalue weighted by molar-refractivity contribution is 8.00. The van der Waals surface area contributed by atoms with Crippen LogP contribution in [0.3, 0.4) is 0 Å². The van der Waals surface area contributed by atoms with E-state index in [0.717, 1.165) is 4.90 Å². The Morgan fingerprint density at radius 1 is 1.10 bits per heavy atom. The number of rotatable bonds is 11. The van der Waals surface area contributed by atoms with E-state index in [1.165, 1.54) is 31.1 Å². The zero-order valence-electron chi connectivity index (χ0n) is 23.3. The van der Waals surface area contributed by atoms with Gasteiger partial charge in [0.25, 0.3) is 0 Å². The van der Waals surface area contributed by atoms with Gasteiger partial charge < -0.3 is 25.6 Å². The summed E-state index contributed by atoms with van der Waals surface area (Å²) in [7, 11) is 5.32. The van der Waals surface area contributed by atoms with Crippen LogP contribution in [0.15, 0.2) is 83.9 Å². The number of nitriles is 1. The zero-order valence-corrected chi connectivity index (χ0v) is 24.8. The summed E-state index contributed by atoms with van der Waals surface area (Å²) in [5, 5.41) is 19.7. The minimum atomic E-state index is -0.319. The zero-order chi connectivity index (χ0) is 30.1. The molecule has 9 nitrogen and oxygen atoms in total. The number of pyridine rings is 1. The number of halogens is 1. The summed E-state index contributed by atoms with van der Waals surface area (Å²) in [6.45, 7) is 0.615. The Balaban J connectivity index is 1.57. The molecule has 1 aromatic heterocycles. The number of benzene rings is 3. The first-order valence-corrected chi connectivity index (χ1v) is 14.2. The van der Waals surface area contributed by atoms with E-state index in [1.54, 1.807) is 36.4 Å². The van der Waals surface area contributed by atoms with Gasteiger partial charge in [-0.25, -0.2) is 0 Å². The van der Waals surface area contributed by atoms with Gasteiger partial charge in [-0.2, -0.15) is 5.26 Å². The van der Waals surface area contributed by atoms with Gasteiger partial charge >= 0.3 is 0 Å². The predicted octanol–water partition coefficient (Wildman–Crippen LogP) is 6.30. The fourth-order valence-electron chi connectivity index (χ4n) is 3.94. The molecular weight excluding hydrogens is 572 g/mol. The molecule has 0 radical (unpaired) electrons. The monoisotopic (exact) mass is 600 g/mol. The number of thioether (sulfide) groups is 1. The summed E-state index contributed by atoms with van der Waals surface area (Å²) in [6.07, 6.45) is 4.67. The van der Waals surface area contributed by atoms with Crippen LogP contribution in [0.2, 0.25) is 5.02 Å². The fraction of sp³-hybridized carbons (Fsp3) is 0.161. The Labute approximate surface area is 253 Å². The van der Waals surface area contributed by atoms with Gasteiger partial charge in [0.1, 0.15) is 11.8 Å². The number of nitrogens with zero attached hydrogens (tertiary/aromatic N) is 3. The summed E-state index contributed by atoms with van der Waals surface area (Å²) in [5.41, 5.74) is 2.82. The summed E-state index contributed by atoms with van der Waals surface area (Å²) in [6, 6.07) is 20.3. The van der Waals surface area contributed by atoms with Crippen molar-refractivity contribution in [1.29, 1.82) is 5.26 Å². The Hall–Kier alpha value is -4.56. The van der Waals surface area contributed by atoms with Gasteiger partial charge in [0.2, 0.25) is 11.8 Å². The maximum absolute atomic E-state index is 12.6. The molecule has 2 amide bonds. The number of anilines is 4. The lowest BCUT2D eigenvalue weighted by atomic mass is 10.1. The standard InChI is InChI=1S/C31H29ClN6O3S/c1-38(2)13-7-10-29(39)37-27-15-23-26(16-28(27)41-3)34-18-20(17-33)31(23)35-21-11-12-25(24(32)14-21)36-30(40)19-42-22-8-5-4-6-9-22/h4-12,14-16,18H,13,19H2,1-3H3,(H,34,35)(H,36,40)(H,37,39)/b10-7+. The van der Waals surface area contributed by atoms with Gasteiger partial charge in [0, 0.05) is 40.9 Å². The number of nitrogens with one attached hydrogen (secondary N) is 3. The normalized spacial score (nSPS) is 11.0. The van der Waals surface area contributed by atoms with Crippen molar-refractivity contribution in [3.8, 4) is 11.8 Å². The average Bonchev–Trinajstić information content (AvgIpc) is 2.97. The van der Waals surface area contributed by atoms with Crippen LogP contribution in [0.1, 0.15) is 5.56 Å². The number of hydrogen-bond acceptors (Lipinski definition) is 8. The number of carbonyl (C=O) groups is 2. The molecule has 0 bridgehead atoms. The Morgan fingerprint density at radius 2 is 1.88 bits per heavy atom. The molecule has 11 heteroatoms. The predicted molar refractivity (Wildman–Crippen MR) is 170 cm³/mol. The van der Waals surface area contributed by atoms with E-state index in [2.05, 4.69) is 27.0 Å². The molecule has 42 heavy (non-hydrogen) atoms. The largest absolute Gasteiger partial charge is 0.494 e. The smallest absolute Gasteiger partial charge is 0.248 e. The van der Waals surface area contributed by atoms with Gasteiger partial charge in [0.05, 0.1) is 46.0 Å². The van der Waals surface area contributed by atoms with E-state index < -0.39 is 0 Å². The second-order valence-corrected chi connectivity index (χ2v) is 10.8. The molecule has 4 aromatic rings. The maximum atomic E-state index is 12.6. The van der Waals surface area contributed by atoms with Crippen LogP contribution in [0.25, 0.3) is 10.9 Å². The minimum absolute atomic E-state index is 0.182. The first-order valence-electron chi connectivity index (χ1n) is 12.8. The quantitative estimate of drug-likeness (QED) is 0.136. The third-order valence-electron chi connectivity index (χ3n) is 5.93. The summed E-state index contributed by atoms with van der Waals surface area (Å²) >= 11 is 7.95. The summed E-state index contributed by atoms with van der Waals surface area (Å²) in [4.78, 5) is 32.4. The first-order chi connectivity index (χ1) is 20.3. The van der Waals surface area contributed by atoms with Gasteiger partial charge in [-0.05, 0) is 50.5 Å². The Kier molecular flexibility index (Phi) is 10.4. The van der Waals surface area contributed by atoms with Crippen molar-refractivity contribution in [3.63, 3.8) is 0 Å². The van der Waals surface area contributed by atoms with E-state index in [4.69, 9.17) is 16.3 Å². The van der Waals surface area contributed by atoms with E-state index in [0.29, 0.717) is 56.5 Å². The van der Waals surface area contributed by atoms with Gasteiger partial charge in [-0.3, -0.25) is 14.6 Å². The number of amides is 2. The third-order valence-corrected chi connectivity index (χ3v) is 7.26. The molecule has 0 saturated heterocycles. The van der Waals surface area contributed by atoms with Crippen LogP contribution in [-0.4, -0.2) is 55.2 Å². The fourth-order valence-corrected chi connectivity index (χ4v) is 4.89. The number of likely N-dealkylation sites (N-methyl/N-ethyl adjacent to an activating group) is 1. The summed E-state index contributed by atoms with van der Waals surface area (Å²) < 4.78 is 5.49. The number of ether oxygens (including phenoxy) is 1. The first kappa shape index (κ1) is 30.4. The molecular formula is C31H29ClN6O3S. The second kappa shape index (κ2) is 14.4. The molecule has 4 rings (SSSR count). The van der Waals surface area contributed by atoms with Crippen molar-refractivity contribution in [3.05, 3.63) is 89.6 Å². The van der Waals surface area contributed by atoms with E-state index >= 15 is 0 Å². The van der Waals surface area contributed by atoms with E-state index in [9.17, 15) is 14.9 Å². The molecule has 0 unspecified atom stereocenters. The number of hydrogen-bond donors (Lipinski definition) is 3. The van der Waals surface area contributed by atoms with Crippen molar-refractivity contribution < 1.29 is 14.3 Å². The maximum Gasteiger partial charge on any atom is 0.248 e. The highest BCUT2D eigenvalue weighted by Gasteiger charge is 2.16. The molecule has 3 aromatic carbocycles. The molecule has 0 aliphatic carbocycles. The van der Waals surface area contributed by atoms with Crippen LogP contribution in [0.5, 0.6) is 5.75 Å². The van der Waals surface area contributed by atoms with Crippen molar-refractivity contribution in [2.45, 2.75) is 4.90 Å². The Morgan fingerprint density at radius 3 is 2.57 bits per heavy atom. The van der Waals surface area contributed by atoms with Crippen LogP contribution in [-0.2, 0) is 9.59 Å². The molecule has 0 fully saturated rings. The molecule has 0 aliphatic rings. The second-order valence-electron chi connectivity index (χ2n) is 9.35.